The van der Waals surface area contributed by atoms with Gasteiger partial charge in [-0.1, -0.05) is 31.9 Å². The van der Waals surface area contributed by atoms with E-state index in [-0.39, 0.29) is 6.04 Å². The van der Waals surface area contributed by atoms with Crippen LogP contribution < -0.4 is 21.7 Å². The van der Waals surface area contributed by atoms with E-state index in [9.17, 15) is 9.59 Å². The lowest BCUT2D eigenvalue weighted by Crippen LogP contribution is -2.49. The number of aliphatic imine (C=N–C) groups is 1. The first-order valence-electron chi connectivity index (χ1n) is 10.5. The van der Waals surface area contributed by atoms with Gasteiger partial charge >= 0.3 is 6.09 Å². The molecule has 0 saturated heterocycles. The molecule has 5 N–H and O–H groups in total. The van der Waals surface area contributed by atoms with Crippen molar-refractivity contribution in [1.82, 2.24) is 16.0 Å². The van der Waals surface area contributed by atoms with Gasteiger partial charge in [-0.25, -0.2) is 9.79 Å². The number of nitrogens with zero attached hydrogens (tertiary/aromatic N) is 1. The number of amides is 2. The number of nitrogens with two attached hydrogens (primary N) is 1. The number of carbonyl (C=O) groups excluding carboxylic acids is 2. The van der Waals surface area contributed by atoms with Crippen LogP contribution in [0, 0.1) is 0 Å². The van der Waals surface area contributed by atoms with Crippen molar-refractivity contribution in [2.75, 3.05) is 13.1 Å². The lowest BCUT2D eigenvalue weighted by molar-refractivity contribution is 0.0522. The molecular weight excluding hydrogens is 382 g/mol. The smallest absolute Gasteiger partial charge is 0.407 e. The van der Waals surface area contributed by atoms with Gasteiger partial charge in [0.25, 0.3) is 0 Å². The average molecular weight is 420 g/mol. The number of primary amides is 1. The fraction of sp³-hybridized carbons (Fsp3) is 0.591. The molecule has 0 aromatic heterocycles. The molecule has 0 bridgehead atoms. The molecule has 168 valence electrons. The fourth-order valence-corrected chi connectivity index (χ4v) is 2.65. The van der Waals surface area contributed by atoms with Gasteiger partial charge in [0.1, 0.15) is 5.60 Å². The topological polar surface area (TPSA) is 118 Å². The van der Waals surface area contributed by atoms with E-state index >= 15 is 0 Å². The molecule has 1 aromatic rings. The summed E-state index contributed by atoms with van der Waals surface area (Å²) in [6.07, 6.45) is 2.55. The Labute approximate surface area is 180 Å². The Morgan fingerprint density at radius 2 is 1.80 bits per heavy atom. The van der Waals surface area contributed by atoms with Crippen LogP contribution in [0.1, 0.15) is 69.8 Å². The number of hydrogen-bond donors (Lipinski definition) is 4. The van der Waals surface area contributed by atoms with Gasteiger partial charge in [0.2, 0.25) is 5.91 Å². The standard InChI is InChI=1S/C22H37N5O3/c1-6-8-9-18(15-26-21(29)30-22(3,4)5)27-20(24-7-2)25-14-16-10-12-17(13-11-16)19(23)28/h10-13,18H,6-9,14-15H2,1-5H3,(H2,23,28)(H,26,29)(H2,24,25,27). The van der Waals surface area contributed by atoms with Gasteiger partial charge in [0.15, 0.2) is 5.96 Å². The van der Waals surface area contributed by atoms with E-state index in [2.05, 4.69) is 27.9 Å². The number of alkyl carbamates (subject to hydrolysis) is 1. The number of carbonyl (C=O) groups is 2. The normalized spacial score (nSPS) is 12.8. The summed E-state index contributed by atoms with van der Waals surface area (Å²) in [4.78, 5) is 27.8. The molecule has 0 saturated carbocycles. The van der Waals surface area contributed by atoms with E-state index in [0.717, 1.165) is 24.8 Å². The molecule has 1 rings (SSSR count). The van der Waals surface area contributed by atoms with Crippen LogP contribution in [-0.4, -0.2) is 42.7 Å². The van der Waals surface area contributed by atoms with Crippen LogP contribution >= 0.6 is 0 Å². The highest BCUT2D eigenvalue weighted by molar-refractivity contribution is 5.92. The van der Waals surface area contributed by atoms with Crippen LogP contribution in [0.4, 0.5) is 4.79 Å². The molecule has 8 heteroatoms. The maximum atomic E-state index is 12.0. The summed E-state index contributed by atoms with van der Waals surface area (Å²) in [5.74, 6) is 0.222. The van der Waals surface area contributed by atoms with Crippen molar-refractivity contribution in [2.45, 2.75) is 72.1 Å². The lowest BCUT2D eigenvalue weighted by atomic mass is 10.1. The van der Waals surface area contributed by atoms with E-state index in [1.807, 2.05) is 39.8 Å². The summed E-state index contributed by atoms with van der Waals surface area (Å²) in [6.45, 7) is 11.3. The number of hydrogen-bond acceptors (Lipinski definition) is 4. The number of benzene rings is 1. The first-order valence-corrected chi connectivity index (χ1v) is 10.5. The van der Waals surface area contributed by atoms with Crippen molar-refractivity contribution in [2.24, 2.45) is 10.7 Å². The zero-order chi connectivity index (χ0) is 22.6. The van der Waals surface area contributed by atoms with E-state index in [1.54, 1.807) is 12.1 Å². The van der Waals surface area contributed by atoms with E-state index in [0.29, 0.717) is 31.2 Å². The zero-order valence-electron chi connectivity index (χ0n) is 18.9. The first-order chi connectivity index (χ1) is 14.1. The monoisotopic (exact) mass is 419 g/mol. The molecule has 0 radical (unpaired) electrons. The van der Waals surface area contributed by atoms with Gasteiger partial charge in [-0.3, -0.25) is 4.79 Å². The summed E-state index contributed by atoms with van der Waals surface area (Å²) in [5, 5.41) is 9.47. The Hall–Kier alpha value is -2.77. The van der Waals surface area contributed by atoms with Crippen molar-refractivity contribution in [3.05, 3.63) is 35.4 Å². The summed E-state index contributed by atoms with van der Waals surface area (Å²) in [7, 11) is 0. The second-order valence-corrected chi connectivity index (χ2v) is 8.12. The van der Waals surface area contributed by atoms with Gasteiger partial charge in [-0.05, 0) is 51.8 Å². The third-order valence-corrected chi connectivity index (χ3v) is 4.14. The summed E-state index contributed by atoms with van der Waals surface area (Å²) >= 11 is 0. The van der Waals surface area contributed by atoms with Crippen LogP contribution in [0.25, 0.3) is 0 Å². The van der Waals surface area contributed by atoms with Crippen LogP contribution in [0.15, 0.2) is 29.3 Å². The SMILES string of the molecule is CCCCC(CNC(=O)OC(C)(C)C)NC(=NCc1ccc(C(N)=O)cc1)NCC. The number of unbranched alkanes of at least 4 members (excludes halogenated alkanes) is 1. The van der Waals surface area contributed by atoms with E-state index < -0.39 is 17.6 Å². The molecule has 8 nitrogen and oxygen atoms in total. The van der Waals surface area contributed by atoms with Crippen LogP contribution in [0.3, 0.4) is 0 Å². The highest BCUT2D eigenvalue weighted by atomic mass is 16.6. The third-order valence-electron chi connectivity index (χ3n) is 4.14. The second-order valence-electron chi connectivity index (χ2n) is 8.12. The van der Waals surface area contributed by atoms with Crippen molar-refractivity contribution in [3.8, 4) is 0 Å². The van der Waals surface area contributed by atoms with Gasteiger partial charge in [-0.15, -0.1) is 0 Å². The average Bonchev–Trinajstić information content (AvgIpc) is 2.67. The minimum Gasteiger partial charge on any atom is -0.444 e. The number of nitrogens with one attached hydrogen (secondary N) is 3. The molecular formula is C22H37N5O3. The number of guanidine groups is 1. The molecule has 1 aromatic carbocycles. The van der Waals surface area contributed by atoms with Crippen LogP contribution in [0.5, 0.6) is 0 Å². The van der Waals surface area contributed by atoms with Crippen LogP contribution in [-0.2, 0) is 11.3 Å². The summed E-state index contributed by atoms with van der Waals surface area (Å²) in [5.41, 5.74) is 6.19. The maximum absolute atomic E-state index is 12.0. The fourth-order valence-electron chi connectivity index (χ4n) is 2.65. The molecule has 0 heterocycles. The van der Waals surface area contributed by atoms with E-state index in [1.165, 1.54) is 0 Å². The summed E-state index contributed by atoms with van der Waals surface area (Å²) in [6, 6.07) is 7.09. The summed E-state index contributed by atoms with van der Waals surface area (Å²) < 4.78 is 5.32. The number of ether oxygens (including phenoxy) is 1. The molecule has 1 atom stereocenters. The van der Waals surface area contributed by atoms with Gasteiger partial charge < -0.3 is 26.4 Å². The Morgan fingerprint density at radius 3 is 2.33 bits per heavy atom. The lowest BCUT2D eigenvalue weighted by Gasteiger charge is -2.24. The molecule has 1 unspecified atom stereocenters. The van der Waals surface area contributed by atoms with Gasteiger partial charge in [0, 0.05) is 24.7 Å². The Kier molecular flexibility index (Phi) is 10.7. The Bertz CT molecular complexity index is 696. The molecule has 0 aliphatic heterocycles. The zero-order valence-corrected chi connectivity index (χ0v) is 18.9. The highest BCUT2D eigenvalue weighted by Gasteiger charge is 2.18. The maximum Gasteiger partial charge on any atom is 0.407 e. The molecule has 0 fully saturated rings. The molecule has 2 amide bonds. The second kappa shape index (κ2) is 12.7. The van der Waals surface area contributed by atoms with Crippen molar-refractivity contribution in [3.63, 3.8) is 0 Å². The number of rotatable bonds is 10. The predicted octanol–water partition coefficient (Wildman–Crippen LogP) is 2.92. The van der Waals surface area contributed by atoms with Gasteiger partial charge in [-0.2, -0.15) is 0 Å². The molecule has 0 aliphatic rings. The highest BCUT2D eigenvalue weighted by Crippen LogP contribution is 2.08. The Morgan fingerprint density at radius 1 is 1.13 bits per heavy atom. The van der Waals surface area contributed by atoms with Crippen LogP contribution in [0.2, 0.25) is 0 Å². The van der Waals surface area contributed by atoms with Crippen molar-refractivity contribution >= 4 is 18.0 Å². The minimum atomic E-state index is -0.531. The van der Waals surface area contributed by atoms with Crippen molar-refractivity contribution in [1.29, 1.82) is 0 Å². The first kappa shape index (κ1) is 25.3. The molecule has 30 heavy (non-hydrogen) atoms. The van der Waals surface area contributed by atoms with E-state index in [4.69, 9.17) is 10.5 Å². The van der Waals surface area contributed by atoms with Gasteiger partial charge in [0.05, 0.1) is 6.54 Å². The third kappa shape index (κ3) is 10.7. The quantitative estimate of drug-likeness (QED) is 0.343. The minimum absolute atomic E-state index is 0.0208. The largest absolute Gasteiger partial charge is 0.444 e. The predicted molar refractivity (Wildman–Crippen MR) is 120 cm³/mol. The molecule has 0 aliphatic carbocycles. The van der Waals surface area contributed by atoms with Crippen molar-refractivity contribution < 1.29 is 14.3 Å². The molecule has 0 spiro atoms. The Balaban J connectivity index is 2.75.